The lowest BCUT2D eigenvalue weighted by atomic mass is 10.2. The van der Waals surface area contributed by atoms with Gasteiger partial charge in [0.2, 0.25) is 5.95 Å². The van der Waals surface area contributed by atoms with Crippen LogP contribution in [0.4, 0.5) is 21.8 Å². The van der Waals surface area contributed by atoms with E-state index in [1.807, 2.05) is 43.3 Å². The van der Waals surface area contributed by atoms with Crippen molar-refractivity contribution in [1.82, 2.24) is 9.97 Å². The first kappa shape index (κ1) is 19.4. The van der Waals surface area contributed by atoms with Gasteiger partial charge in [0.15, 0.2) is 0 Å². The Kier molecular flexibility index (Phi) is 5.76. The molecule has 3 aromatic rings. The number of rotatable bonds is 6. The normalized spacial score (nSPS) is 15.6. The van der Waals surface area contributed by atoms with Gasteiger partial charge < -0.3 is 20.2 Å². The molecule has 1 atom stereocenters. The number of benzene rings is 2. The molecule has 1 aromatic heterocycles. The summed E-state index contributed by atoms with van der Waals surface area (Å²) in [5.74, 6) is 1.21. The summed E-state index contributed by atoms with van der Waals surface area (Å²) in [6.45, 7) is 4.90. The fraction of sp³-hybridized carbons (Fsp3) is 0.364. The van der Waals surface area contributed by atoms with Crippen LogP contribution in [0.1, 0.15) is 13.3 Å². The molecular formula is C22H26FN5O. The maximum atomic E-state index is 14.1. The Labute approximate surface area is 170 Å². The van der Waals surface area contributed by atoms with Crippen molar-refractivity contribution < 1.29 is 9.50 Å². The van der Waals surface area contributed by atoms with Crippen LogP contribution < -0.4 is 15.1 Å². The minimum absolute atomic E-state index is 0.0471. The number of hydrogen-bond acceptors (Lipinski definition) is 6. The summed E-state index contributed by atoms with van der Waals surface area (Å²) in [4.78, 5) is 13.7. The van der Waals surface area contributed by atoms with Crippen molar-refractivity contribution in [1.29, 1.82) is 0 Å². The molecule has 1 aliphatic heterocycles. The lowest BCUT2D eigenvalue weighted by Gasteiger charge is -2.36. The Balaban J connectivity index is 1.57. The van der Waals surface area contributed by atoms with Gasteiger partial charge in [-0.3, -0.25) is 0 Å². The average molecular weight is 395 g/mol. The van der Waals surface area contributed by atoms with Gasteiger partial charge in [-0.15, -0.1) is 0 Å². The highest BCUT2D eigenvalue weighted by Crippen LogP contribution is 2.26. The maximum absolute atomic E-state index is 14.1. The fourth-order valence-electron chi connectivity index (χ4n) is 3.64. The van der Waals surface area contributed by atoms with E-state index in [0.29, 0.717) is 37.8 Å². The molecule has 4 rings (SSSR count). The van der Waals surface area contributed by atoms with E-state index in [9.17, 15) is 9.50 Å². The lowest BCUT2D eigenvalue weighted by Crippen LogP contribution is -2.47. The van der Waals surface area contributed by atoms with E-state index < -0.39 is 0 Å². The number of aliphatic hydroxyl groups excluding tert-OH is 1. The predicted octanol–water partition coefficient (Wildman–Crippen LogP) is 3.28. The first-order valence-electron chi connectivity index (χ1n) is 10.1. The molecule has 2 aromatic carbocycles. The third-order valence-corrected chi connectivity index (χ3v) is 5.40. The third kappa shape index (κ3) is 4.10. The van der Waals surface area contributed by atoms with Crippen LogP contribution in [-0.2, 0) is 0 Å². The Hall–Kier alpha value is -2.93. The topological polar surface area (TPSA) is 64.5 Å². The van der Waals surface area contributed by atoms with Gasteiger partial charge in [-0.05, 0) is 30.7 Å². The fourth-order valence-corrected chi connectivity index (χ4v) is 3.64. The standard InChI is InChI=1S/C22H26FN5O/c1-2-16(15-29)24-21-17-7-3-5-9-19(17)25-22(26-21)28-13-11-27(12-14-28)20-10-6-4-8-18(20)23/h3-10,16,29H,2,11-15H2,1H3,(H,24,25,26). The van der Waals surface area contributed by atoms with Crippen molar-refractivity contribution in [3.05, 3.63) is 54.3 Å². The molecule has 1 fully saturated rings. The summed E-state index contributed by atoms with van der Waals surface area (Å²) in [5, 5.41) is 13.9. The highest BCUT2D eigenvalue weighted by Gasteiger charge is 2.22. The number of hydrogen-bond donors (Lipinski definition) is 2. The van der Waals surface area contributed by atoms with Gasteiger partial charge in [0.25, 0.3) is 0 Å². The zero-order valence-corrected chi connectivity index (χ0v) is 16.6. The second-order valence-corrected chi connectivity index (χ2v) is 7.25. The summed E-state index contributed by atoms with van der Waals surface area (Å²) in [6.07, 6.45) is 0.797. The van der Waals surface area contributed by atoms with Gasteiger partial charge in [0, 0.05) is 31.6 Å². The van der Waals surface area contributed by atoms with E-state index in [-0.39, 0.29) is 18.5 Å². The number of nitrogens with one attached hydrogen (secondary N) is 1. The lowest BCUT2D eigenvalue weighted by molar-refractivity contribution is 0.271. The van der Waals surface area contributed by atoms with E-state index in [4.69, 9.17) is 9.97 Å². The number of nitrogens with zero attached hydrogens (tertiary/aromatic N) is 4. The van der Waals surface area contributed by atoms with Crippen molar-refractivity contribution >= 4 is 28.4 Å². The minimum atomic E-state index is -0.191. The summed E-state index contributed by atoms with van der Waals surface area (Å²) in [5.41, 5.74) is 1.51. The molecule has 1 aliphatic rings. The zero-order chi connectivity index (χ0) is 20.2. The van der Waals surface area contributed by atoms with Crippen molar-refractivity contribution in [3.8, 4) is 0 Å². The van der Waals surface area contributed by atoms with Crippen LogP contribution in [0.2, 0.25) is 0 Å². The van der Waals surface area contributed by atoms with Gasteiger partial charge in [0.05, 0.1) is 23.9 Å². The number of para-hydroxylation sites is 2. The van der Waals surface area contributed by atoms with Crippen LogP contribution in [0.15, 0.2) is 48.5 Å². The second-order valence-electron chi connectivity index (χ2n) is 7.25. The summed E-state index contributed by atoms with van der Waals surface area (Å²) < 4.78 is 14.1. The van der Waals surface area contributed by atoms with Crippen LogP contribution in [0.3, 0.4) is 0 Å². The summed E-state index contributed by atoms with van der Waals surface area (Å²) in [6, 6.07) is 14.7. The summed E-state index contributed by atoms with van der Waals surface area (Å²) >= 11 is 0. The number of fused-ring (bicyclic) bond motifs is 1. The van der Waals surface area contributed by atoms with E-state index in [0.717, 1.165) is 23.1 Å². The molecule has 7 heteroatoms. The van der Waals surface area contributed by atoms with E-state index in [2.05, 4.69) is 15.1 Å². The smallest absolute Gasteiger partial charge is 0.228 e. The molecular weight excluding hydrogens is 369 g/mol. The molecule has 0 saturated carbocycles. The first-order chi connectivity index (χ1) is 14.2. The monoisotopic (exact) mass is 395 g/mol. The highest BCUT2D eigenvalue weighted by molar-refractivity contribution is 5.90. The average Bonchev–Trinajstić information content (AvgIpc) is 2.77. The predicted molar refractivity (Wildman–Crippen MR) is 115 cm³/mol. The zero-order valence-electron chi connectivity index (χ0n) is 16.6. The van der Waals surface area contributed by atoms with E-state index >= 15 is 0 Å². The molecule has 6 nitrogen and oxygen atoms in total. The van der Waals surface area contributed by atoms with Gasteiger partial charge in [-0.25, -0.2) is 9.37 Å². The number of halogens is 1. The number of piperazine rings is 1. The number of aromatic nitrogens is 2. The van der Waals surface area contributed by atoms with E-state index in [1.54, 1.807) is 6.07 Å². The summed E-state index contributed by atoms with van der Waals surface area (Å²) in [7, 11) is 0. The van der Waals surface area contributed by atoms with Crippen molar-refractivity contribution in [2.45, 2.75) is 19.4 Å². The molecule has 2 heterocycles. The largest absolute Gasteiger partial charge is 0.394 e. The minimum Gasteiger partial charge on any atom is -0.394 e. The molecule has 0 amide bonds. The SMILES string of the molecule is CCC(CO)Nc1nc(N2CCN(c3ccccc3F)CC2)nc2ccccc12. The molecule has 0 aliphatic carbocycles. The Morgan fingerprint density at radius 3 is 2.41 bits per heavy atom. The van der Waals surface area contributed by atoms with Crippen LogP contribution in [0.5, 0.6) is 0 Å². The van der Waals surface area contributed by atoms with E-state index in [1.165, 1.54) is 6.07 Å². The van der Waals surface area contributed by atoms with Crippen LogP contribution in [0.25, 0.3) is 10.9 Å². The molecule has 1 saturated heterocycles. The Morgan fingerprint density at radius 2 is 1.69 bits per heavy atom. The third-order valence-electron chi connectivity index (χ3n) is 5.40. The molecule has 0 spiro atoms. The quantitative estimate of drug-likeness (QED) is 0.668. The number of anilines is 3. The molecule has 0 radical (unpaired) electrons. The first-order valence-corrected chi connectivity index (χ1v) is 10.1. The van der Waals surface area contributed by atoms with Gasteiger partial charge >= 0.3 is 0 Å². The van der Waals surface area contributed by atoms with Gasteiger partial charge in [-0.1, -0.05) is 31.2 Å². The van der Waals surface area contributed by atoms with Gasteiger partial charge in [0.1, 0.15) is 11.6 Å². The Bertz CT molecular complexity index is 970. The van der Waals surface area contributed by atoms with Crippen LogP contribution in [-0.4, -0.2) is 53.9 Å². The van der Waals surface area contributed by atoms with Crippen LogP contribution >= 0.6 is 0 Å². The van der Waals surface area contributed by atoms with Crippen LogP contribution in [0, 0.1) is 5.82 Å². The molecule has 29 heavy (non-hydrogen) atoms. The van der Waals surface area contributed by atoms with Crippen molar-refractivity contribution in [2.24, 2.45) is 0 Å². The molecule has 152 valence electrons. The second kappa shape index (κ2) is 8.61. The Morgan fingerprint density at radius 1 is 1.00 bits per heavy atom. The van der Waals surface area contributed by atoms with Gasteiger partial charge in [-0.2, -0.15) is 4.98 Å². The molecule has 2 N–H and O–H groups in total. The molecule has 0 bridgehead atoms. The molecule has 1 unspecified atom stereocenters. The number of aliphatic hydroxyl groups is 1. The highest BCUT2D eigenvalue weighted by atomic mass is 19.1. The van der Waals surface area contributed by atoms with Crippen molar-refractivity contribution in [2.75, 3.05) is 47.9 Å². The maximum Gasteiger partial charge on any atom is 0.228 e. The van der Waals surface area contributed by atoms with Crippen molar-refractivity contribution in [3.63, 3.8) is 0 Å².